The Morgan fingerprint density at radius 1 is 1.41 bits per heavy atom. The van der Waals surface area contributed by atoms with E-state index in [2.05, 4.69) is 23.2 Å². The summed E-state index contributed by atoms with van der Waals surface area (Å²) in [4.78, 5) is 0. The van der Waals surface area contributed by atoms with E-state index in [1.165, 1.54) is 0 Å². The van der Waals surface area contributed by atoms with Crippen LogP contribution in [0.4, 0.5) is 0 Å². The summed E-state index contributed by atoms with van der Waals surface area (Å²) in [7, 11) is 1.57. The molecule has 3 nitrogen and oxygen atoms in total. The van der Waals surface area contributed by atoms with Crippen LogP contribution in [0.25, 0.3) is 0 Å². The Morgan fingerprint density at radius 2 is 2.24 bits per heavy atom. The second-order valence-corrected chi connectivity index (χ2v) is 3.50. The number of rotatable bonds is 5. The molecule has 0 bridgehead atoms. The molecule has 0 aliphatic heterocycles. The molecule has 3 heteroatoms. The quantitative estimate of drug-likeness (QED) is 0.620. The lowest BCUT2D eigenvalue weighted by Crippen LogP contribution is -2.14. The van der Waals surface area contributed by atoms with Gasteiger partial charge in [-0.05, 0) is 24.6 Å². The van der Waals surface area contributed by atoms with E-state index in [0.29, 0.717) is 11.3 Å². The lowest BCUT2D eigenvalue weighted by atomic mass is 10.1. The summed E-state index contributed by atoms with van der Waals surface area (Å²) in [5, 5.41) is 12.1. The molecule has 1 N–H and O–H groups in total. The van der Waals surface area contributed by atoms with Crippen LogP contribution in [-0.2, 0) is 6.54 Å². The van der Waals surface area contributed by atoms with Crippen LogP contribution in [-0.4, -0.2) is 13.7 Å². The summed E-state index contributed by atoms with van der Waals surface area (Å²) in [6.45, 7) is 3.46. The molecule has 1 rings (SSSR count). The normalized spacial score (nSPS) is 9.00. The number of benzene rings is 1. The van der Waals surface area contributed by atoms with Crippen molar-refractivity contribution in [3.63, 3.8) is 0 Å². The van der Waals surface area contributed by atoms with E-state index < -0.39 is 0 Å². The zero-order valence-electron chi connectivity index (χ0n) is 10.2. The first kappa shape index (κ1) is 13.1. The van der Waals surface area contributed by atoms with Crippen molar-refractivity contribution in [3.8, 4) is 23.7 Å². The van der Waals surface area contributed by atoms with Crippen LogP contribution < -0.4 is 10.1 Å². The molecule has 0 saturated heterocycles. The molecule has 0 aliphatic rings. The fourth-order valence-corrected chi connectivity index (χ4v) is 1.45. The minimum Gasteiger partial charge on any atom is -0.495 e. The molecule has 0 amide bonds. The van der Waals surface area contributed by atoms with Crippen molar-refractivity contribution in [3.05, 3.63) is 29.3 Å². The van der Waals surface area contributed by atoms with Gasteiger partial charge in [0, 0.05) is 19.5 Å². The van der Waals surface area contributed by atoms with E-state index in [4.69, 9.17) is 10.00 Å². The van der Waals surface area contributed by atoms with Gasteiger partial charge in [0.15, 0.2) is 0 Å². The molecule has 0 radical (unpaired) electrons. The predicted octanol–water partition coefficient (Wildman–Crippen LogP) is 2.07. The van der Waals surface area contributed by atoms with Gasteiger partial charge in [0.2, 0.25) is 0 Å². The lowest BCUT2D eigenvalue weighted by Gasteiger charge is -2.07. The van der Waals surface area contributed by atoms with Gasteiger partial charge in [-0.25, -0.2) is 0 Å². The van der Waals surface area contributed by atoms with Gasteiger partial charge in [-0.2, -0.15) is 5.26 Å². The molecule has 0 spiro atoms. The maximum Gasteiger partial charge on any atom is 0.136 e. The number of ether oxygens (including phenoxy) is 1. The Bertz CT molecular complexity index is 463. The maximum absolute atomic E-state index is 8.85. The highest BCUT2D eigenvalue weighted by Gasteiger charge is 2.02. The SMILES string of the molecule is CC#CCCNCc1ccc(C#N)c(OC)c1. The molecular formula is C14H16N2O. The molecule has 0 unspecified atom stereocenters. The fourth-order valence-electron chi connectivity index (χ4n) is 1.45. The Kier molecular flexibility index (Phi) is 5.64. The first-order chi connectivity index (χ1) is 8.31. The van der Waals surface area contributed by atoms with Crippen molar-refractivity contribution in [1.82, 2.24) is 5.32 Å². The average molecular weight is 228 g/mol. The zero-order chi connectivity index (χ0) is 12.5. The minimum atomic E-state index is 0.563. The van der Waals surface area contributed by atoms with Gasteiger partial charge in [0.25, 0.3) is 0 Å². The summed E-state index contributed by atoms with van der Waals surface area (Å²) < 4.78 is 5.15. The molecule has 1 aromatic rings. The highest BCUT2D eigenvalue weighted by Crippen LogP contribution is 2.18. The number of nitriles is 1. The molecule has 0 aliphatic carbocycles. The van der Waals surface area contributed by atoms with Crippen LogP contribution in [0.15, 0.2) is 18.2 Å². The van der Waals surface area contributed by atoms with Crippen LogP contribution in [0, 0.1) is 23.2 Å². The number of hydrogen-bond acceptors (Lipinski definition) is 3. The van der Waals surface area contributed by atoms with Crippen LogP contribution >= 0.6 is 0 Å². The summed E-state index contributed by atoms with van der Waals surface area (Å²) in [5.74, 6) is 6.47. The van der Waals surface area contributed by atoms with Crippen LogP contribution in [0.2, 0.25) is 0 Å². The standard InChI is InChI=1S/C14H16N2O/c1-3-4-5-8-16-11-12-6-7-13(10-15)14(9-12)17-2/h6-7,9,16H,5,8,11H2,1-2H3. The lowest BCUT2D eigenvalue weighted by molar-refractivity contribution is 0.412. The zero-order valence-corrected chi connectivity index (χ0v) is 10.2. The number of hydrogen-bond donors (Lipinski definition) is 1. The van der Waals surface area contributed by atoms with Gasteiger partial charge in [0.1, 0.15) is 11.8 Å². The fraction of sp³-hybridized carbons (Fsp3) is 0.357. The van der Waals surface area contributed by atoms with Crippen molar-refractivity contribution in [1.29, 1.82) is 5.26 Å². The van der Waals surface area contributed by atoms with E-state index in [0.717, 1.165) is 25.1 Å². The third-order valence-corrected chi connectivity index (χ3v) is 2.32. The molecule has 0 fully saturated rings. The smallest absolute Gasteiger partial charge is 0.136 e. The first-order valence-electron chi connectivity index (χ1n) is 5.49. The van der Waals surface area contributed by atoms with Gasteiger partial charge < -0.3 is 10.1 Å². The maximum atomic E-state index is 8.85. The minimum absolute atomic E-state index is 0.563. The number of methoxy groups -OCH3 is 1. The van der Waals surface area contributed by atoms with E-state index >= 15 is 0 Å². The predicted molar refractivity (Wildman–Crippen MR) is 67.5 cm³/mol. The van der Waals surface area contributed by atoms with Crippen molar-refractivity contribution in [2.45, 2.75) is 19.9 Å². The Hall–Kier alpha value is -1.97. The van der Waals surface area contributed by atoms with E-state index in [1.54, 1.807) is 13.2 Å². The third kappa shape index (κ3) is 4.18. The first-order valence-corrected chi connectivity index (χ1v) is 5.49. The van der Waals surface area contributed by atoms with Crippen LogP contribution in [0.3, 0.4) is 0 Å². The largest absolute Gasteiger partial charge is 0.495 e. The van der Waals surface area contributed by atoms with Gasteiger partial charge in [-0.3, -0.25) is 0 Å². The van der Waals surface area contributed by atoms with Crippen LogP contribution in [0.5, 0.6) is 5.75 Å². The molecule has 1 aromatic carbocycles. The van der Waals surface area contributed by atoms with Crippen molar-refractivity contribution >= 4 is 0 Å². The van der Waals surface area contributed by atoms with Crippen LogP contribution in [0.1, 0.15) is 24.5 Å². The highest BCUT2D eigenvalue weighted by atomic mass is 16.5. The molecule has 88 valence electrons. The third-order valence-electron chi connectivity index (χ3n) is 2.32. The Balaban J connectivity index is 2.54. The van der Waals surface area contributed by atoms with Crippen molar-refractivity contribution < 1.29 is 4.74 Å². The molecule has 0 aromatic heterocycles. The summed E-state index contributed by atoms with van der Waals surface area (Å²) >= 11 is 0. The summed E-state index contributed by atoms with van der Waals surface area (Å²) in [5.41, 5.74) is 1.67. The van der Waals surface area contributed by atoms with E-state index in [1.807, 2.05) is 19.1 Å². The Morgan fingerprint density at radius 3 is 2.88 bits per heavy atom. The Labute approximate surface area is 102 Å². The van der Waals surface area contributed by atoms with Gasteiger partial charge in [-0.1, -0.05) is 6.07 Å². The number of nitrogens with one attached hydrogen (secondary N) is 1. The molecule has 0 atom stereocenters. The van der Waals surface area contributed by atoms with Gasteiger partial charge in [-0.15, -0.1) is 11.8 Å². The monoisotopic (exact) mass is 228 g/mol. The van der Waals surface area contributed by atoms with Gasteiger partial charge >= 0.3 is 0 Å². The van der Waals surface area contributed by atoms with Crippen molar-refractivity contribution in [2.24, 2.45) is 0 Å². The summed E-state index contributed by atoms with van der Waals surface area (Å²) in [6, 6.07) is 7.69. The molecule has 0 heterocycles. The molecule has 0 saturated carbocycles. The van der Waals surface area contributed by atoms with E-state index in [-0.39, 0.29) is 0 Å². The highest BCUT2D eigenvalue weighted by molar-refractivity contribution is 5.45. The van der Waals surface area contributed by atoms with E-state index in [9.17, 15) is 0 Å². The second kappa shape index (κ2) is 7.33. The summed E-state index contributed by atoms with van der Waals surface area (Å²) in [6.07, 6.45) is 0.851. The molecule has 17 heavy (non-hydrogen) atoms. The average Bonchev–Trinajstić information content (AvgIpc) is 2.38. The second-order valence-electron chi connectivity index (χ2n) is 3.50. The molecular weight excluding hydrogens is 212 g/mol. The topological polar surface area (TPSA) is 45.0 Å². The van der Waals surface area contributed by atoms with Gasteiger partial charge in [0.05, 0.1) is 12.7 Å². The van der Waals surface area contributed by atoms with Crippen molar-refractivity contribution in [2.75, 3.05) is 13.7 Å². The number of nitrogens with zero attached hydrogens (tertiary/aromatic N) is 1.